The summed E-state index contributed by atoms with van der Waals surface area (Å²) in [6, 6.07) is 18.1. The molecule has 1 aromatic heterocycles. The molecule has 1 saturated heterocycles. The van der Waals surface area contributed by atoms with Gasteiger partial charge in [-0.3, -0.25) is 0 Å². The van der Waals surface area contributed by atoms with Crippen molar-refractivity contribution in [3.63, 3.8) is 0 Å². The van der Waals surface area contributed by atoms with E-state index in [1.165, 1.54) is 0 Å². The monoisotopic (exact) mass is 351 g/mol. The first-order valence-corrected chi connectivity index (χ1v) is 8.76. The summed E-state index contributed by atoms with van der Waals surface area (Å²) in [6.45, 7) is 1.67. The molecule has 0 aliphatic carbocycles. The number of rotatable bonds is 5. The highest BCUT2D eigenvalue weighted by Gasteiger charge is 2.24. The SMILES string of the molecule is COc1ccc(-c2noc(N3CCC(Oc4ccccc4)CC3)n2)cc1. The predicted molar refractivity (Wildman–Crippen MR) is 98.6 cm³/mol. The normalized spacial score (nSPS) is 15.0. The van der Waals surface area contributed by atoms with Crippen LogP contribution in [0.4, 0.5) is 6.01 Å². The van der Waals surface area contributed by atoms with Crippen LogP contribution in [0.1, 0.15) is 12.8 Å². The van der Waals surface area contributed by atoms with Crippen LogP contribution in [0.25, 0.3) is 11.4 Å². The first-order valence-electron chi connectivity index (χ1n) is 8.76. The van der Waals surface area contributed by atoms with Crippen molar-refractivity contribution in [1.82, 2.24) is 10.1 Å². The van der Waals surface area contributed by atoms with E-state index in [1.54, 1.807) is 7.11 Å². The molecule has 0 N–H and O–H groups in total. The molecule has 0 saturated carbocycles. The minimum Gasteiger partial charge on any atom is -0.497 e. The first kappa shape index (κ1) is 16.4. The molecule has 4 rings (SSSR count). The van der Waals surface area contributed by atoms with Gasteiger partial charge in [0, 0.05) is 31.5 Å². The van der Waals surface area contributed by atoms with E-state index < -0.39 is 0 Å². The van der Waals surface area contributed by atoms with E-state index in [9.17, 15) is 0 Å². The summed E-state index contributed by atoms with van der Waals surface area (Å²) in [5.74, 6) is 2.31. The minimum absolute atomic E-state index is 0.220. The summed E-state index contributed by atoms with van der Waals surface area (Å²) in [4.78, 5) is 6.65. The highest BCUT2D eigenvalue weighted by atomic mass is 16.5. The van der Waals surface area contributed by atoms with Gasteiger partial charge in [-0.2, -0.15) is 4.98 Å². The van der Waals surface area contributed by atoms with Crippen LogP contribution in [-0.2, 0) is 0 Å². The van der Waals surface area contributed by atoms with Crippen molar-refractivity contribution in [2.75, 3.05) is 25.1 Å². The molecule has 0 unspecified atom stereocenters. The van der Waals surface area contributed by atoms with Gasteiger partial charge in [-0.05, 0) is 36.4 Å². The molecule has 0 radical (unpaired) electrons. The lowest BCUT2D eigenvalue weighted by Gasteiger charge is -2.30. The summed E-state index contributed by atoms with van der Waals surface area (Å²) >= 11 is 0. The Kier molecular flexibility index (Phi) is 4.73. The van der Waals surface area contributed by atoms with Gasteiger partial charge in [0.05, 0.1) is 7.11 Å². The maximum atomic E-state index is 6.03. The summed E-state index contributed by atoms with van der Waals surface area (Å²) in [6.07, 6.45) is 2.07. The third-order valence-corrected chi connectivity index (χ3v) is 4.52. The zero-order chi connectivity index (χ0) is 17.8. The Labute approximate surface area is 152 Å². The number of benzene rings is 2. The second-order valence-electron chi connectivity index (χ2n) is 6.25. The van der Waals surface area contributed by atoms with Gasteiger partial charge < -0.3 is 18.9 Å². The molecule has 1 aliphatic rings. The van der Waals surface area contributed by atoms with Gasteiger partial charge >= 0.3 is 6.01 Å². The molecular formula is C20H21N3O3. The summed E-state index contributed by atoms with van der Waals surface area (Å²) in [5, 5.41) is 4.10. The molecular weight excluding hydrogens is 330 g/mol. The molecule has 134 valence electrons. The Morgan fingerprint density at radius 3 is 2.38 bits per heavy atom. The molecule has 3 aromatic rings. The van der Waals surface area contributed by atoms with E-state index in [4.69, 9.17) is 14.0 Å². The second-order valence-corrected chi connectivity index (χ2v) is 6.25. The van der Waals surface area contributed by atoms with Crippen LogP contribution in [0.5, 0.6) is 11.5 Å². The molecule has 1 aliphatic heterocycles. The van der Waals surface area contributed by atoms with Crippen molar-refractivity contribution in [2.24, 2.45) is 0 Å². The van der Waals surface area contributed by atoms with Crippen molar-refractivity contribution < 1.29 is 14.0 Å². The topological polar surface area (TPSA) is 60.6 Å². The van der Waals surface area contributed by atoms with E-state index >= 15 is 0 Å². The Bertz CT molecular complexity index is 825. The zero-order valence-electron chi connectivity index (χ0n) is 14.7. The van der Waals surface area contributed by atoms with Crippen molar-refractivity contribution in [3.8, 4) is 22.9 Å². The van der Waals surface area contributed by atoms with Crippen LogP contribution in [0.3, 0.4) is 0 Å². The number of piperidine rings is 1. The van der Waals surface area contributed by atoms with Crippen LogP contribution in [0.2, 0.25) is 0 Å². The van der Waals surface area contributed by atoms with Gasteiger partial charge in [0.2, 0.25) is 5.82 Å². The fraction of sp³-hybridized carbons (Fsp3) is 0.300. The minimum atomic E-state index is 0.220. The standard InChI is InChI=1S/C20H21N3O3/c1-24-16-9-7-15(8-10-16)19-21-20(26-22-19)23-13-11-18(12-14-23)25-17-5-3-2-4-6-17/h2-10,18H,11-14H2,1H3. The van der Waals surface area contributed by atoms with Gasteiger partial charge in [-0.15, -0.1) is 0 Å². The number of hydrogen-bond donors (Lipinski definition) is 0. The van der Waals surface area contributed by atoms with E-state index in [2.05, 4.69) is 15.0 Å². The quantitative estimate of drug-likeness (QED) is 0.697. The predicted octanol–water partition coefficient (Wildman–Crippen LogP) is 3.79. The molecule has 2 aromatic carbocycles. The highest BCUT2D eigenvalue weighted by Crippen LogP contribution is 2.25. The van der Waals surface area contributed by atoms with Gasteiger partial charge in [0.1, 0.15) is 17.6 Å². The van der Waals surface area contributed by atoms with Crippen molar-refractivity contribution in [2.45, 2.75) is 18.9 Å². The molecule has 1 fully saturated rings. The smallest absolute Gasteiger partial charge is 0.324 e. The Morgan fingerprint density at radius 1 is 0.962 bits per heavy atom. The summed E-state index contributed by atoms with van der Waals surface area (Å²) < 4.78 is 16.7. The Balaban J connectivity index is 1.36. The number of methoxy groups -OCH3 is 1. The zero-order valence-corrected chi connectivity index (χ0v) is 14.7. The number of anilines is 1. The third kappa shape index (κ3) is 3.64. The maximum Gasteiger partial charge on any atom is 0.324 e. The van der Waals surface area contributed by atoms with E-state index in [0.717, 1.165) is 43.0 Å². The lowest BCUT2D eigenvalue weighted by molar-refractivity contribution is 0.168. The van der Waals surface area contributed by atoms with Crippen molar-refractivity contribution >= 4 is 6.01 Å². The number of para-hydroxylation sites is 1. The van der Waals surface area contributed by atoms with Crippen LogP contribution in [0, 0.1) is 0 Å². The van der Waals surface area contributed by atoms with E-state index in [0.29, 0.717) is 11.8 Å². The fourth-order valence-corrected chi connectivity index (χ4v) is 3.06. The number of nitrogens with zero attached hydrogens (tertiary/aromatic N) is 3. The fourth-order valence-electron chi connectivity index (χ4n) is 3.06. The molecule has 0 spiro atoms. The maximum absolute atomic E-state index is 6.03. The van der Waals surface area contributed by atoms with Gasteiger partial charge in [0.25, 0.3) is 0 Å². The van der Waals surface area contributed by atoms with Crippen LogP contribution in [0.15, 0.2) is 59.1 Å². The first-order chi connectivity index (χ1) is 12.8. The molecule has 6 nitrogen and oxygen atoms in total. The van der Waals surface area contributed by atoms with E-state index in [1.807, 2.05) is 54.6 Å². The molecule has 0 atom stereocenters. The van der Waals surface area contributed by atoms with Crippen LogP contribution in [-0.4, -0.2) is 36.4 Å². The number of aromatic nitrogens is 2. The molecule has 6 heteroatoms. The Morgan fingerprint density at radius 2 is 1.69 bits per heavy atom. The molecule has 0 amide bonds. The van der Waals surface area contributed by atoms with E-state index in [-0.39, 0.29) is 6.10 Å². The molecule has 0 bridgehead atoms. The average Bonchev–Trinajstić information content (AvgIpc) is 3.20. The van der Waals surface area contributed by atoms with Gasteiger partial charge in [-0.1, -0.05) is 23.4 Å². The van der Waals surface area contributed by atoms with Crippen LogP contribution >= 0.6 is 0 Å². The van der Waals surface area contributed by atoms with Crippen molar-refractivity contribution in [3.05, 3.63) is 54.6 Å². The van der Waals surface area contributed by atoms with Crippen LogP contribution < -0.4 is 14.4 Å². The average molecular weight is 351 g/mol. The van der Waals surface area contributed by atoms with Crippen molar-refractivity contribution in [1.29, 1.82) is 0 Å². The third-order valence-electron chi connectivity index (χ3n) is 4.52. The number of hydrogen-bond acceptors (Lipinski definition) is 6. The molecule has 26 heavy (non-hydrogen) atoms. The number of ether oxygens (including phenoxy) is 2. The largest absolute Gasteiger partial charge is 0.497 e. The van der Waals surface area contributed by atoms with Gasteiger partial charge in [-0.25, -0.2) is 0 Å². The highest BCUT2D eigenvalue weighted by molar-refractivity contribution is 5.56. The summed E-state index contributed by atoms with van der Waals surface area (Å²) in [7, 11) is 1.65. The lowest BCUT2D eigenvalue weighted by atomic mass is 10.1. The second kappa shape index (κ2) is 7.47. The van der Waals surface area contributed by atoms with Gasteiger partial charge in [0.15, 0.2) is 0 Å². The lowest BCUT2D eigenvalue weighted by Crippen LogP contribution is -2.38. The Hall–Kier alpha value is -3.02. The summed E-state index contributed by atoms with van der Waals surface area (Å²) in [5.41, 5.74) is 0.906. The molecule has 2 heterocycles.